The molecule has 226 valence electrons. The van der Waals surface area contributed by atoms with Crippen molar-refractivity contribution < 1.29 is 0 Å². The van der Waals surface area contributed by atoms with Gasteiger partial charge in [-0.3, -0.25) is 0 Å². The van der Waals surface area contributed by atoms with Gasteiger partial charge in [-0.05, 0) is 0 Å². The molecule has 0 spiro atoms. The molecule has 42 heavy (non-hydrogen) atoms. The molecule has 0 aromatic heterocycles. The zero-order chi connectivity index (χ0) is 30.8. The van der Waals surface area contributed by atoms with E-state index in [0.717, 1.165) is 0 Å². The SMILES string of the molecule is CC(C)[PH](C)(c1cc(-c2ccccc2)ccc1N(C)c1ccc(-c2ccccc2)cc1[PH](C)(C(C)C)C(C)C)C(C)C. The fourth-order valence-corrected chi connectivity index (χ4v) is 14.5. The zero-order valence-electron chi connectivity index (χ0n) is 28.0. The van der Waals surface area contributed by atoms with E-state index in [-0.39, 0.29) is 0 Å². The van der Waals surface area contributed by atoms with E-state index in [0.29, 0.717) is 22.6 Å². The number of hydrogen-bond acceptors (Lipinski definition) is 1. The van der Waals surface area contributed by atoms with E-state index in [2.05, 4.69) is 178 Å². The van der Waals surface area contributed by atoms with Crippen LogP contribution in [0.5, 0.6) is 0 Å². The summed E-state index contributed by atoms with van der Waals surface area (Å²) in [5.41, 5.74) is 10.5. The third-order valence-corrected chi connectivity index (χ3v) is 23.6. The Bertz CT molecular complexity index is 1340. The summed E-state index contributed by atoms with van der Waals surface area (Å²) in [6.07, 6.45) is 0. The summed E-state index contributed by atoms with van der Waals surface area (Å²) < 4.78 is 0. The first-order chi connectivity index (χ1) is 19.8. The molecule has 0 fully saturated rings. The van der Waals surface area contributed by atoms with Gasteiger partial charge in [0.05, 0.1) is 0 Å². The molecule has 0 amide bonds. The van der Waals surface area contributed by atoms with Crippen molar-refractivity contribution in [3.63, 3.8) is 0 Å². The number of nitrogens with zero attached hydrogens (tertiary/aromatic N) is 1. The summed E-state index contributed by atoms with van der Waals surface area (Å²) in [6, 6.07) is 36.4. The molecule has 0 aliphatic heterocycles. The standard InChI is InChI=1S/C39H55NP2/c1-28(2)41(10,29(3)4)38-26-34(32-18-14-12-15-19-32)22-24-36(38)40(9)37-25-23-35(33-20-16-13-17-21-33)27-39(37)42(11,30(5)6)31(7)8/h12-31,41-42H,1-11H3. The fraction of sp³-hybridized carbons (Fsp3) is 0.385. The summed E-state index contributed by atoms with van der Waals surface area (Å²) in [6.45, 7) is 24.8. The van der Waals surface area contributed by atoms with Gasteiger partial charge in [-0.1, -0.05) is 0 Å². The first-order valence-corrected chi connectivity index (χ1v) is 21.3. The summed E-state index contributed by atoms with van der Waals surface area (Å²) in [4.78, 5) is 2.56. The van der Waals surface area contributed by atoms with E-state index in [1.807, 2.05) is 0 Å². The molecule has 0 saturated heterocycles. The van der Waals surface area contributed by atoms with E-state index in [1.165, 1.54) is 33.6 Å². The molecule has 0 atom stereocenters. The summed E-state index contributed by atoms with van der Waals surface area (Å²) in [7, 11) is -1.44. The molecular weight excluding hydrogens is 544 g/mol. The van der Waals surface area contributed by atoms with Crippen LogP contribution < -0.4 is 15.5 Å². The van der Waals surface area contributed by atoms with Crippen LogP contribution in [0.25, 0.3) is 22.3 Å². The molecule has 4 aromatic carbocycles. The second-order valence-electron chi connectivity index (χ2n) is 13.9. The van der Waals surface area contributed by atoms with E-state index in [9.17, 15) is 0 Å². The summed E-state index contributed by atoms with van der Waals surface area (Å²) >= 11 is 0. The molecule has 0 N–H and O–H groups in total. The van der Waals surface area contributed by atoms with Gasteiger partial charge < -0.3 is 0 Å². The number of hydrogen-bond donors (Lipinski definition) is 0. The Morgan fingerprint density at radius 2 is 0.738 bits per heavy atom. The quantitative estimate of drug-likeness (QED) is 0.164. The molecule has 0 bridgehead atoms. The number of anilines is 2. The van der Waals surface area contributed by atoms with Gasteiger partial charge in [0, 0.05) is 0 Å². The topological polar surface area (TPSA) is 3.24 Å². The van der Waals surface area contributed by atoms with Crippen molar-refractivity contribution in [2.24, 2.45) is 0 Å². The predicted octanol–water partition coefficient (Wildman–Crippen LogP) is 10.4. The fourth-order valence-electron chi connectivity index (χ4n) is 6.85. The number of rotatable bonds is 10. The van der Waals surface area contributed by atoms with Crippen LogP contribution in [0.15, 0.2) is 97.1 Å². The zero-order valence-corrected chi connectivity index (χ0v) is 30.0. The summed E-state index contributed by atoms with van der Waals surface area (Å²) in [5.74, 6) is 0. The third-order valence-electron chi connectivity index (χ3n) is 10.9. The average Bonchev–Trinajstić information content (AvgIpc) is 2.99. The van der Waals surface area contributed by atoms with E-state index >= 15 is 0 Å². The number of benzene rings is 4. The van der Waals surface area contributed by atoms with Crippen LogP contribution in [0, 0.1) is 0 Å². The van der Waals surface area contributed by atoms with Crippen LogP contribution in [-0.2, 0) is 0 Å². The van der Waals surface area contributed by atoms with Gasteiger partial charge in [0.1, 0.15) is 0 Å². The Balaban J connectivity index is 2.00. The molecule has 4 aromatic rings. The first kappa shape index (κ1) is 32.5. The van der Waals surface area contributed by atoms with E-state index in [1.54, 1.807) is 10.6 Å². The minimum atomic E-state index is -1.89. The molecule has 0 aliphatic carbocycles. The van der Waals surface area contributed by atoms with Crippen molar-refractivity contribution in [1.82, 2.24) is 0 Å². The average molecular weight is 600 g/mol. The van der Waals surface area contributed by atoms with Crippen molar-refractivity contribution in [1.29, 1.82) is 0 Å². The van der Waals surface area contributed by atoms with E-state index in [4.69, 9.17) is 0 Å². The maximum absolute atomic E-state index is 2.62. The Labute approximate surface area is 258 Å². The summed E-state index contributed by atoms with van der Waals surface area (Å²) in [5, 5.41) is 3.15. The Morgan fingerprint density at radius 3 is 1.02 bits per heavy atom. The van der Waals surface area contributed by atoms with Crippen molar-refractivity contribution in [3.8, 4) is 22.3 Å². The predicted molar refractivity (Wildman–Crippen MR) is 200 cm³/mol. The molecule has 1 nitrogen and oxygen atoms in total. The second kappa shape index (κ2) is 13.0. The molecule has 0 unspecified atom stereocenters. The third kappa shape index (κ3) is 5.98. The first-order valence-electron chi connectivity index (χ1n) is 16.0. The van der Waals surface area contributed by atoms with Gasteiger partial charge in [-0.25, -0.2) is 0 Å². The molecule has 3 heteroatoms. The van der Waals surface area contributed by atoms with Crippen LogP contribution in [0.3, 0.4) is 0 Å². The molecule has 0 aliphatic rings. The van der Waals surface area contributed by atoms with Gasteiger partial charge in [0.25, 0.3) is 0 Å². The van der Waals surface area contributed by atoms with Crippen molar-refractivity contribution in [2.45, 2.75) is 78.0 Å². The van der Waals surface area contributed by atoms with Crippen LogP contribution in [0.1, 0.15) is 55.4 Å². The van der Waals surface area contributed by atoms with Crippen LogP contribution in [0.2, 0.25) is 0 Å². The van der Waals surface area contributed by atoms with Gasteiger partial charge in [-0.15, -0.1) is 0 Å². The van der Waals surface area contributed by atoms with Gasteiger partial charge in [0.15, 0.2) is 0 Å². The van der Waals surface area contributed by atoms with Crippen LogP contribution in [-0.4, -0.2) is 43.0 Å². The molecule has 0 saturated carbocycles. The second-order valence-corrected chi connectivity index (χ2v) is 24.8. The van der Waals surface area contributed by atoms with Gasteiger partial charge >= 0.3 is 259 Å². The molecule has 0 heterocycles. The van der Waals surface area contributed by atoms with Crippen molar-refractivity contribution in [2.75, 3.05) is 25.3 Å². The maximum atomic E-state index is 2.62. The van der Waals surface area contributed by atoms with Gasteiger partial charge in [0.2, 0.25) is 0 Å². The van der Waals surface area contributed by atoms with Crippen molar-refractivity contribution in [3.05, 3.63) is 97.1 Å². The molecular formula is C39H55NP2. The normalized spacial score (nSPS) is 13.3. The Morgan fingerprint density at radius 1 is 0.429 bits per heavy atom. The van der Waals surface area contributed by atoms with Crippen LogP contribution >= 0.6 is 14.5 Å². The molecule has 0 radical (unpaired) electrons. The van der Waals surface area contributed by atoms with Crippen LogP contribution in [0.4, 0.5) is 11.4 Å². The van der Waals surface area contributed by atoms with Crippen molar-refractivity contribution >= 4 is 36.5 Å². The molecule has 4 rings (SSSR count). The van der Waals surface area contributed by atoms with E-state index < -0.39 is 14.5 Å². The monoisotopic (exact) mass is 599 g/mol. The Kier molecular flexibility index (Phi) is 10.1. The minimum absolute atomic E-state index is 0.626. The Hall–Kier alpha value is -2.46. The van der Waals surface area contributed by atoms with Gasteiger partial charge in [-0.2, -0.15) is 0 Å².